The number of alkyl halides is 1. The van der Waals surface area contributed by atoms with E-state index in [1.165, 1.54) is 0 Å². The van der Waals surface area contributed by atoms with Crippen molar-refractivity contribution in [2.45, 2.75) is 38.7 Å². The van der Waals surface area contributed by atoms with E-state index in [0.717, 1.165) is 29.1 Å². The molecular weight excluding hydrogens is 463 g/mol. The van der Waals surface area contributed by atoms with Crippen molar-refractivity contribution in [2.24, 2.45) is 0 Å². The minimum atomic E-state index is -0.472. The minimum Gasteiger partial charge on any atom is -0.491 e. The molecule has 3 nitrogen and oxygen atoms in total. The summed E-state index contributed by atoms with van der Waals surface area (Å²) < 4.78 is 11.4. The molecule has 0 radical (unpaired) electrons. The summed E-state index contributed by atoms with van der Waals surface area (Å²) >= 11 is 20.3. The van der Waals surface area contributed by atoms with Gasteiger partial charge < -0.3 is 14.6 Å². The van der Waals surface area contributed by atoms with Crippen molar-refractivity contribution in [2.75, 3.05) is 30.6 Å². The van der Waals surface area contributed by atoms with E-state index in [2.05, 4.69) is 20.8 Å². The number of hydrogen-bond donors (Lipinski definition) is 1. The van der Waals surface area contributed by atoms with Gasteiger partial charge in [-0.3, -0.25) is 0 Å². The molecule has 2 rings (SSSR count). The third-order valence-electron chi connectivity index (χ3n) is 4.78. The van der Waals surface area contributed by atoms with Crippen molar-refractivity contribution in [1.29, 1.82) is 0 Å². The van der Waals surface area contributed by atoms with E-state index in [1.807, 2.05) is 36.4 Å². The standard InChI is InChI=1S/C23H29Cl3O3S/c1-4-30-15-18(27)14-29-19-8-6-16(7-9-19)23(2,3)17-12-20(25)22(21(26)13-17)28-11-5-10-24/h6-9,12-13,18,27H,4-5,10-11,14-15H2,1-3H3. The molecule has 0 aliphatic carbocycles. The van der Waals surface area contributed by atoms with Crippen LogP contribution < -0.4 is 9.47 Å². The summed E-state index contributed by atoms with van der Waals surface area (Å²) in [6.07, 6.45) is 0.255. The lowest BCUT2D eigenvalue weighted by atomic mass is 9.78. The molecule has 0 aliphatic heterocycles. The molecular formula is C23H29Cl3O3S. The summed E-state index contributed by atoms with van der Waals surface area (Å²) in [6, 6.07) is 11.7. The van der Waals surface area contributed by atoms with Gasteiger partial charge in [-0.2, -0.15) is 11.8 Å². The lowest BCUT2D eigenvalue weighted by molar-refractivity contribution is 0.126. The first-order valence-corrected chi connectivity index (χ1v) is 12.4. The molecule has 7 heteroatoms. The maximum absolute atomic E-state index is 9.93. The summed E-state index contributed by atoms with van der Waals surface area (Å²) in [5.41, 5.74) is 1.76. The van der Waals surface area contributed by atoms with Crippen molar-refractivity contribution >= 4 is 46.6 Å². The van der Waals surface area contributed by atoms with Gasteiger partial charge in [-0.05, 0) is 47.6 Å². The van der Waals surface area contributed by atoms with Gasteiger partial charge in [0.25, 0.3) is 0 Å². The van der Waals surface area contributed by atoms with Crippen LogP contribution in [0.1, 0.15) is 38.3 Å². The fourth-order valence-electron chi connectivity index (χ4n) is 2.92. The first-order chi connectivity index (χ1) is 14.3. The molecule has 0 spiro atoms. The van der Waals surface area contributed by atoms with Crippen LogP contribution in [0.3, 0.4) is 0 Å². The molecule has 0 fully saturated rings. The van der Waals surface area contributed by atoms with Gasteiger partial charge in [0.05, 0.1) is 22.8 Å². The lowest BCUT2D eigenvalue weighted by Crippen LogP contribution is -2.21. The molecule has 0 aromatic heterocycles. The van der Waals surface area contributed by atoms with Gasteiger partial charge in [0.1, 0.15) is 12.4 Å². The summed E-state index contributed by atoms with van der Waals surface area (Å²) in [4.78, 5) is 0. The Morgan fingerprint density at radius 1 is 1.03 bits per heavy atom. The quantitative estimate of drug-likeness (QED) is 0.261. The van der Waals surface area contributed by atoms with Gasteiger partial charge in [0.2, 0.25) is 0 Å². The average Bonchev–Trinajstić information content (AvgIpc) is 2.72. The summed E-state index contributed by atoms with van der Waals surface area (Å²) in [5.74, 6) is 3.40. The van der Waals surface area contributed by atoms with Gasteiger partial charge in [-0.15, -0.1) is 11.6 Å². The van der Waals surface area contributed by atoms with Crippen LogP contribution in [0.4, 0.5) is 0 Å². The van der Waals surface area contributed by atoms with Crippen molar-refractivity contribution in [3.05, 3.63) is 57.6 Å². The van der Waals surface area contributed by atoms with Crippen molar-refractivity contribution in [3.63, 3.8) is 0 Å². The molecule has 0 saturated heterocycles. The Kier molecular flexibility index (Phi) is 10.5. The normalized spacial score (nSPS) is 12.6. The van der Waals surface area contributed by atoms with Crippen LogP contribution in [0, 0.1) is 0 Å². The van der Waals surface area contributed by atoms with Crippen molar-refractivity contribution in [3.8, 4) is 11.5 Å². The second-order valence-electron chi connectivity index (χ2n) is 7.43. The number of rotatable bonds is 12. The maximum Gasteiger partial charge on any atom is 0.156 e. The fourth-order valence-corrected chi connectivity index (χ4v) is 4.23. The van der Waals surface area contributed by atoms with E-state index in [4.69, 9.17) is 44.3 Å². The molecule has 2 aromatic rings. The number of aliphatic hydroxyl groups excluding tert-OH is 1. The van der Waals surface area contributed by atoms with E-state index in [-0.39, 0.29) is 12.0 Å². The Balaban J connectivity index is 2.11. The van der Waals surface area contributed by atoms with Crippen LogP contribution in [0.25, 0.3) is 0 Å². The van der Waals surface area contributed by atoms with Crippen LogP contribution in [0.5, 0.6) is 11.5 Å². The molecule has 0 saturated carbocycles. The highest BCUT2D eigenvalue weighted by Crippen LogP contribution is 2.40. The zero-order valence-corrected chi connectivity index (χ0v) is 20.7. The molecule has 166 valence electrons. The average molecular weight is 492 g/mol. The molecule has 0 aliphatic rings. The SMILES string of the molecule is CCSCC(O)COc1ccc(C(C)(C)c2cc(Cl)c(OCCCCl)c(Cl)c2)cc1. The van der Waals surface area contributed by atoms with Crippen LogP contribution >= 0.6 is 46.6 Å². The largest absolute Gasteiger partial charge is 0.491 e. The van der Waals surface area contributed by atoms with Gasteiger partial charge >= 0.3 is 0 Å². The zero-order chi connectivity index (χ0) is 22.1. The van der Waals surface area contributed by atoms with E-state index in [1.54, 1.807) is 11.8 Å². The fraction of sp³-hybridized carbons (Fsp3) is 0.478. The van der Waals surface area contributed by atoms with Crippen molar-refractivity contribution < 1.29 is 14.6 Å². The van der Waals surface area contributed by atoms with E-state index in [9.17, 15) is 5.11 Å². The molecule has 1 N–H and O–H groups in total. The summed E-state index contributed by atoms with van der Waals surface area (Å²) in [5, 5.41) is 10.9. The van der Waals surface area contributed by atoms with E-state index in [0.29, 0.717) is 34.0 Å². The third-order valence-corrected chi connectivity index (χ3v) is 6.63. The first-order valence-electron chi connectivity index (χ1n) is 9.97. The smallest absolute Gasteiger partial charge is 0.156 e. The molecule has 30 heavy (non-hydrogen) atoms. The Morgan fingerprint density at radius 3 is 2.23 bits per heavy atom. The molecule has 2 aromatic carbocycles. The van der Waals surface area contributed by atoms with E-state index >= 15 is 0 Å². The Labute approximate surface area is 199 Å². The zero-order valence-electron chi connectivity index (χ0n) is 17.6. The number of aliphatic hydroxyl groups is 1. The second-order valence-corrected chi connectivity index (χ2v) is 9.94. The highest BCUT2D eigenvalue weighted by atomic mass is 35.5. The first kappa shape index (κ1) is 25.5. The highest BCUT2D eigenvalue weighted by Gasteiger charge is 2.25. The van der Waals surface area contributed by atoms with Gasteiger partial charge in [0, 0.05) is 17.0 Å². The Hall–Kier alpha value is -0.780. The lowest BCUT2D eigenvalue weighted by Gasteiger charge is -2.27. The number of hydrogen-bond acceptors (Lipinski definition) is 4. The topological polar surface area (TPSA) is 38.7 Å². The monoisotopic (exact) mass is 490 g/mol. The maximum atomic E-state index is 9.93. The number of halogens is 3. The summed E-state index contributed by atoms with van der Waals surface area (Å²) in [6.45, 7) is 7.06. The molecule has 0 amide bonds. The number of ether oxygens (including phenoxy) is 2. The summed E-state index contributed by atoms with van der Waals surface area (Å²) in [7, 11) is 0. The van der Waals surface area contributed by atoms with Crippen LogP contribution in [0.15, 0.2) is 36.4 Å². The second kappa shape index (κ2) is 12.3. The number of benzene rings is 2. The Bertz CT molecular complexity index is 774. The predicted octanol–water partition coefficient (Wildman–Crippen LogP) is 6.82. The van der Waals surface area contributed by atoms with Crippen LogP contribution in [0.2, 0.25) is 10.0 Å². The molecule has 1 atom stereocenters. The van der Waals surface area contributed by atoms with Gasteiger partial charge in [0.15, 0.2) is 5.75 Å². The Morgan fingerprint density at radius 2 is 1.67 bits per heavy atom. The van der Waals surface area contributed by atoms with Gasteiger partial charge in [-0.1, -0.05) is 56.1 Å². The molecule has 1 unspecified atom stereocenters. The van der Waals surface area contributed by atoms with Crippen molar-refractivity contribution in [1.82, 2.24) is 0 Å². The minimum absolute atomic E-state index is 0.284. The number of thioether (sulfide) groups is 1. The predicted molar refractivity (Wildman–Crippen MR) is 130 cm³/mol. The molecule has 0 heterocycles. The molecule has 0 bridgehead atoms. The van der Waals surface area contributed by atoms with E-state index < -0.39 is 6.10 Å². The van der Waals surface area contributed by atoms with Crippen LogP contribution in [-0.4, -0.2) is 41.8 Å². The van der Waals surface area contributed by atoms with Crippen LogP contribution in [-0.2, 0) is 5.41 Å². The highest BCUT2D eigenvalue weighted by molar-refractivity contribution is 7.99. The van der Waals surface area contributed by atoms with Gasteiger partial charge in [-0.25, -0.2) is 0 Å². The third kappa shape index (κ3) is 7.13.